The van der Waals surface area contributed by atoms with E-state index in [1.54, 1.807) is 0 Å². The van der Waals surface area contributed by atoms with Crippen LogP contribution >= 0.6 is 0 Å². The Morgan fingerprint density at radius 3 is 2.58 bits per heavy atom. The van der Waals surface area contributed by atoms with E-state index in [-0.39, 0.29) is 11.3 Å². The van der Waals surface area contributed by atoms with Crippen molar-refractivity contribution in [1.82, 2.24) is 0 Å². The molecule has 0 bridgehead atoms. The highest BCUT2D eigenvalue weighted by Crippen LogP contribution is 2.20. The SMILES string of the molecule is Cc1oc([N+](=O)[O-])cc1C(=O)O. The van der Waals surface area contributed by atoms with Gasteiger partial charge in [0.15, 0.2) is 0 Å². The van der Waals surface area contributed by atoms with Gasteiger partial charge in [-0.1, -0.05) is 0 Å². The van der Waals surface area contributed by atoms with Gasteiger partial charge in [-0.2, -0.15) is 0 Å². The third-order valence-corrected chi connectivity index (χ3v) is 1.32. The van der Waals surface area contributed by atoms with Crippen LogP contribution in [0.2, 0.25) is 0 Å². The standard InChI is InChI=1S/C6H5NO5/c1-3-4(6(8)9)2-5(12-3)7(10)11/h2H,1H3,(H,8,9). The smallest absolute Gasteiger partial charge is 0.434 e. The number of rotatable bonds is 2. The summed E-state index contributed by atoms with van der Waals surface area (Å²) in [6.07, 6.45) is 0. The second kappa shape index (κ2) is 2.65. The molecule has 1 aromatic rings. The van der Waals surface area contributed by atoms with E-state index in [9.17, 15) is 14.9 Å². The van der Waals surface area contributed by atoms with E-state index in [0.717, 1.165) is 6.07 Å². The fourth-order valence-electron chi connectivity index (χ4n) is 0.769. The molecule has 1 N–H and O–H groups in total. The van der Waals surface area contributed by atoms with Gasteiger partial charge in [-0.3, -0.25) is 10.1 Å². The van der Waals surface area contributed by atoms with Gasteiger partial charge in [-0.15, -0.1) is 0 Å². The predicted molar refractivity (Wildman–Crippen MR) is 37.1 cm³/mol. The molecule has 1 rings (SSSR count). The second-order valence-electron chi connectivity index (χ2n) is 2.12. The number of hydrogen-bond acceptors (Lipinski definition) is 4. The molecule has 0 spiro atoms. The van der Waals surface area contributed by atoms with Gasteiger partial charge < -0.3 is 9.52 Å². The molecule has 1 aromatic heterocycles. The van der Waals surface area contributed by atoms with Crippen molar-refractivity contribution in [3.05, 3.63) is 27.5 Å². The summed E-state index contributed by atoms with van der Waals surface area (Å²) in [6.45, 7) is 1.36. The minimum Gasteiger partial charge on any atom is -0.478 e. The number of nitrogens with zero attached hydrogens (tertiary/aromatic N) is 1. The normalized spacial score (nSPS) is 9.75. The van der Waals surface area contributed by atoms with Gasteiger partial charge in [-0.25, -0.2) is 4.79 Å². The first-order chi connectivity index (χ1) is 5.52. The van der Waals surface area contributed by atoms with Crippen LogP contribution in [0.15, 0.2) is 10.5 Å². The highest BCUT2D eigenvalue weighted by molar-refractivity contribution is 5.89. The van der Waals surface area contributed by atoms with E-state index in [1.165, 1.54) is 6.92 Å². The molecule has 1 heterocycles. The quantitative estimate of drug-likeness (QED) is 0.532. The van der Waals surface area contributed by atoms with Gasteiger partial charge >= 0.3 is 11.9 Å². The number of hydrogen-bond donors (Lipinski definition) is 1. The molecule has 0 aliphatic rings. The third kappa shape index (κ3) is 1.26. The molecule has 6 nitrogen and oxygen atoms in total. The summed E-state index contributed by atoms with van der Waals surface area (Å²) < 4.78 is 4.56. The molecule has 0 saturated carbocycles. The molecule has 12 heavy (non-hydrogen) atoms. The summed E-state index contributed by atoms with van der Waals surface area (Å²) in [4.78, 5) is 19.7. The number of furan rings is 1. The minimum absolute atomic E-state index is 0.0363. The number of carbonyl (C=O) groups is 1. The van der Waals surface area contributed by atoms with Gasteiger partial charge in [0.1, 0.15) is 16.2 Å². The lowest BCUT2D eigenvalue weighted by atomic mass is 10.3. The Morgan fingerprint density at radius 2 is 2.33 bits per heavy atom. The highest BCUT2D eigenvalue weighted by Gasteiger charge is 2.20. The Balaban J connectivity index is 3.17. The van der Waals surface area contributed by atoms with Crippen LogP contribution in [-0.2, 0) is 0 Å². The van der Waals surface area contributed by atoms with Crippen molar-refractivity contribution in [2.24, 2.45) is 0 Å². The topological polar surface area (TPSA) is 93.6 Å². The summed E-state index contributed by atoms with van der Waals surface area (Å²) in [7, 11) is 0. The first-order valence-corrected chi connectivity index (χ1v) is 3.00. The number of carboxylic acid groups (broad SMARTS) is 1. The van der Waals surface area contributed by atoms with E-state index in [2.05, 4.69) is 4.42 Å². The molecule has 0 amide bonds. The monoisotopic (exact) mass is 171 g/mol. The predicted octanol–water partition coefficient (Wildman–Crippen LogP) is 1.19. The van der Waals surface area contributed by atoms with Crippen LogP contribution in [-0.4, -0.2) is 16.0 Å². The minimum atomic E-state index is -1.23. The molecule has 0 aromatic carbocycles. The lowest BCUT2D eigenvalue weighted by Crippen LogP contribution is -1.95. The van der Waals surface area contributed by atoms with Crippen molar-refractivity contribution in [1.29, 1.82) is 0 Å². The van der Waals surface area contributed by atoms with Gasteiger partial charge in [0, 0.05) is 0 Å². The maximum atomic E-state index is 10.4. The van der Waals surface area contributed by atoms with Crippen LogP contribution in [0, 0.1) is 17.0 Å². The lowest BCUT2D eigenvalue weighted by Gasteiger charge is -1.84. The van der Waals surface area contributed by atoms with Crippen LogP contribution in [0.1, 0.15) is 16.1 Å². The van der Waals surface area contributed by atoms with Crippen molar-refractivity contribution in [2.75, 3.05) is 0 Å². The summed E-state index contributed by atoms with van der Waals surface area (Å²) in [5.41, 5.74) is -0.179. The fourth-order valence-corrected chi connectivity index (χ4v) is 0.769. The van der Waals surface area contributed by atoms with Crippen molar-refractivity contribution in [3.8, 4) is 0 Å². The number of carboxylic acids is 1. The maximum absolute atomic E-state index is 10.4. The van der Waals surface area contributed by atoms with E-state index in [4.69, 9.17) is 5.11 Å². The Hall–Kier alpha value is -1.85. The molecule has 0 aliphatic heterocycles. The summed E-state index contributed by atoms with van der Waals surface area (Å²) in [5, 5.41) is 18.6. The van der Waals surface area contributed by atoms with Gasteiger partial charge in [0.05, 0.1) is 6.07 Å². The van der Waals surface area contributed by atoms with Crippen LogP contribution in [0.5, 0.6) is 0 Å². The van der Waals surface area contributed by atoms with Crippen molar-refractivity contribution < 1.29 is 19.2 Å². The van der Waals surface area contributed by atoms with E-state index in [0.29, 0.717) is 0 Å². The molecule has 64 valence electrons. The summed E-state index contributed by atoms with van der Waals surface area (Å²) >= 11 is 0. The van der Waals surface area contributed by atoms with E-state index in [1.807, 2.05) is 0 Å². The van der Waals surface area contributed by atoms with Gasteiger partial charge in [-0.05, 0) is 6.92 Å². The number of aromatic carboxylic acids is 1. The van der Waals surface area contributed by atoms with Crippen LogP contribution < -0.4 is 0 Å². The third-order valence-electron chi connectivity index (χ3n) is 1.32. The number of aryl methyl sites for hydroxylation is 1. The Labute approximate surface area is 66.6 Å². The number of nitro groups is 1. The van der Waals surface area contributed by atoms with Crippen molar-refractivity contribution >= 4 is 11.9 Å². The van der Waals surface area contributed by atoms with E-state index >= 15 is 0 Å². The molecular formula is C6H5NO5. The van der Waals surface area contributed by atoms with Gasteiger partial charge in [0.2, 0.25) is 0 Å². The average molecular weight is 171 g/mol. The van der Waals surface area contributed by atoms with Crippen molar-refractivity contribution in [2.45, 2.75) is 6.92 Å². The van der Waals surface area contributed by atoms with Gasteiger partial charge in [0.25, 0.3) is 0 Å². The van der Waals surface area contributed by atoms with E-state index < -0.39 is 16.8 Å². The molecule has 0 aliphatic carbocycles. The Bertz CT molecular complexity index is 340. The fraction of sp³-hybridized carbons (Fsp3) is 0.167. The summed E-state index contributed by atoms with van der Waals surface area (Å²) in [5.74, 6) is -1.75. The largest absolute Gasteiger partial charge is 0.478 e. The molecule has 0 radical (unpaired) electrons. The molecule has 0 unspecified atom stereocenters. The second-order valence-corrected chi connectivity index (χ2v) is 2.12. The van der Waals surface area contributed by atoms with Crippen LogP contribution in [0.3, 0.4) is 0 Å². The highest BCUT2D eigenvalue weighted by atomic mass is 16.6. The van der Waals surface area contributed by atoms with Crippen LogP contribution in [0.4, 0.5) is 5.88 Å². The molecular weight excluding hydrogens is 166 g/mol. The Kier molecular flexibility index (Phi) is 1.82. The van der Waals surface area contributed by atoms with Crippen LogP contribution in [0.25, 0.3) is 0 Å². The molecule has 0 atom stereocenters. The molecule has 0 fully saturated rings. The first kappa shape index (κ1) is 8.25. The average Bonchev–Trinajstić information content (AvgIpc) is 2.30. The zero-order valence-electron chi connectivity index (χ0n) is 6.10. The molecule has 0 saturated heterocycles. The molecule has 6 heteroatoms. The zero-order chi connectivity index (χ0) is 9.30. The van der Waals surface area contributed by atoms with Crippen molar-refractivity contribution in [3.63, 3.8) is 0 Å². The maximum Gasteiger partial charge on any atom is 0.434 e. The summed E-state index contributed by atoms with van der Waals surface area (Å²) in [6, 6.07) is 0.887. The Morgan fingerprint density at radius 1 is 1.75 bits per heavy atom. The lowest BCUT2D eigenvalue weighted by molar-refractivity contribution is -0.402. The zero-order valence-corrected chi connectivity index (χ0v) is 6.10. The first-order valence-electron chi connectivity index (χ1n) is 3.00.